The molecule has 0 spiro atoms. The number of carbonyl (C=O) groups is 2. The second kappa shape index (κ2) is 8.96. The molecule has 7 nitrogen and oxygen atoms in total. The van der Waals surface area contributed by atoms with Crippen LogP contribution >= 0.6 is 0 Å². The van der Waals surface area contributed by atoms with Crippen LogP contribution in [0, 0.1) is 13.8 Å². The van der Waals surface area contributed by atoms with E-state index in [4.69, 9.17) is 9.47 Å². The first-order chi connectivity index (χ1) is 13.8. The van der Waals surface area contributed by atoms with E-state index in [1.807, 2.05) is 64.2 Å². The van der Waals surface area contributed by atoms with E-state index in [9.17, 15) is 9.59 Å². The number of hydrogen-bond donors (Lipinski definition) is 3. The van der Waals surface area contributed by atoms with Crippen molar-refractivity contribution in [3.05, 3.63) is 53.1 Å². The van der Waals surface area contributed by atoms with Crippen LogP contribution in [0.15, 0.2) is 36.4 Å². The number of quaternary nitrogens is 1. The summed E-state index contributed by atoms with van der Waals surface area (Å²) in [7, 11) is 1.83. The van der Waals surface area contributed by atoms with Crippen LogP contribution in [-0.4, -0.2) is 38.7 Å². The zero-order chi connectivity index (χ0) is 21.0. The lowest BCUT2D eigenvalue weighted by atomic mass is 10.1. The maximum atomic E-state index is 12.4. The molecule has 2 amide bonds. The third-order valence-corrected chi connectivity index (χ3v) is 4.94. The smallest absolute Gasteiger partial charge is 0.279 e. The Hall–Kier alpha value is -3.06. The van der Waals surface area contributed by atoms with Crippen molar-refractivity contribution < 1.29 is 24.0 Å². The van der Waals surface area contributed by atoms with Crippen molar-refractivity contribution in [3.63, 3.8) is 0 Å². The summed E-state index contributed by atoms with van der Waals surface area (Å²) < 4.78 is 10.7. The van der Waals surface area contributed by atoms with E-state index in [2.05, 4.69) is 10.6 Å². The first-order valence-corrected chi connectivity index (χ1v) is 9.69. The fourth-order valence-corrected chi connectivity index (χ4v) is 3.36. The maximum Gasteiger partial charge on any atom is 0.279 e. The SMILES string of the molecule is Cc1cccc(C)c1NC(=O)C[NH+](C)CC(=O)N[C@@H](C)c1ccc2c(c1)OCO2. The Balaban J connectivity index is 1.49. The van der Waals surface area contributed by atoms with Gasteiger partial charge in [-0.2, -0.15) is 0 Å². The third kappa shape index (κ3) is 5.26. The molecule has 1 unspecified atom stereocenters. The van der Waals surface area contributed by atoms with E-state index in [1.165, 1.54) is 0 Å². The molecule has 3 rings (SSSR count). The zero-order valence-electron chi connectivity index (χ0n) is 17.3. The number of hydrogen-bond acceptors (Lipinski definition) is 4. The predicted octanol–water partition coefficient (Wildman–Crippen LogP) is 1.36. The molecule has 0 aliphatic carbocycles. The molecule has 0 radical (unpaired) electrons. The molecule has 1 aliphatic heterocycles. The molecule has 1 aliphatic rings. The van der Waals surface area contributed by atoms with Crippen molar-refractivity contribution in [2.24, 2.45) is 0 Å². The first kappa shape index (κ1) is 20.7. The number of ether oxygens (including phenoxy) is 2. The number of aryl methyl sites for hydroxylation is 2. The first-order valence-electron chi connectivity index (χ1n) is 9.69. The van der Waals surface area contributed by atoms with E-state index in [0.717, 1.165) is 27.3 Å². The fourth-order valence-electron chi connectivity index (χ4n) is 3.36. The van der Waals surface area contributed by atoms with Gasteiger partial charge in [0.1, 0.15) is 0 Å². The highest BCUT2D eigenvalue weighted by atomic mass is 16.7. The molecule has 1 heterocycles. The van der Waals surface area contributed by atoms with Gasteiger partial charge in [-0.05, 0) is 49.6 Å². The van der Waals surface area contributed by atoms with Crippen LogP contribution < -0.4 is 25.0 Å². The van der Waals surface area contributed by atoms with Gasteiger partial charge in [0.05, 0.1) is 13.1 Å². The summed E-state index contributed by atoms with van der Waals surface area (Å²) in [4.78, 5) is 25.6. The third-order valence-electron chi connectivity index (χ3n) is 4.94. The van der Waals surface area contributed by atoms with Gasteiger partial charge in [0.25, 0.3) is 11.8 Å². The molecular weight excluding hydrogens is 370 g/mol. The highest BCUT2D eigenvalue weighted by Crippen LogP contribution is 2.34. The Bertz CT molecular complexity index is 893. The molecule has 0 saturated carbocycles. The standard InChI is InChI=1S/C22H27N3O4/c1-14-6-5-7-15(2)22(14)24-21(27)12-25(4)11-20(26)23-16(3)17-8-9-18-19(10-17)29-13-28-18/h5-10,16H,11-13H2,1-4H3,(H,23,26)(H,24,27)/p+1/t16-/m0/s1. The molecule has 2 aromatic rings. The Labute approximate surface area is 171 Å². The Morgan fingerprint density at radius 1 is 1.03 bits per heavy atom. The van der Waals surface area contributed by atoms with Crippen LogP contribution in [0.2, 0.25) is 0 Å². The largest absolute Gasteiger partial charge is 0.454 e. The van der Waals surface area contributed by atoms with E-state index >= 15 is 0 Å². The number of anilines is 1. The van der Waals surface area contributed by atoms with Crippen LogP contribution in [0.1, 0.15) is 29.7 Å². The molecule has 29 heavy (non-hydrogen) atoms. The summed E-state index contributed by atoms with van der Waals surface area (Å²) in [6.07, 6.45) is 0. The van der Waals surface area contributed by atoms with Gasteiger partial charge in [0, 0.05) is 5.69 Å². The lowest BCUT2D eigenvalue weighted by Crippen LogP contribution is -3.11. The number of para-hydroxylation sites is 1. The molecule has 0 bridgehead atoms. The number of nitrogens with one attached hydrogen (secondary N) is 3. The lowest BCUT2D eigenvalue weighted by molar-refractivity contribution is -0.862. The summed E-state index contributed by atoms with van der Waals surface area (Å²) in [6.45, 7) is 6.47. The second-order valence-corrected chi connectivity index (χ2v) is 7.53. The van der Waals surface area contributed by atoms with Gasteiger partial charge in [-0.15, -0.1) is 0 Å². The normalized spacial score (nSPS) is 14.2. The van der Waals surface area contributed by atoms with Gasteiger partial charge in [0.15, 0.2) is 24.6 Å². The number of fused-ring (bicyclic) bond motifs is 1. The van der Waals surface area contributed by atoms with E-state index in [-0.39, 0.29) is 37.7 Å². The molecule has 2 aromatic carbocycles. The topological polar surface area (TPSA) is 81.1 Å². The van der Waals surface area contributed by atoms with Crippen LogP contribution in [0.3, 0.4) is 0 Å². The number of carbonyl (C=O) groups excluding carboxylic acids is 2. The van der Waals surface area contributed by atoms with E-state index in [1.54, 1.807) is 0 Å². The lowest BCUT2D eigenvalue weighted by Gasteiger charge is -2.18. The molecule has 154 valence electrons. The van der Waals surface area contributed by atoms with Crippen LogP contribution in [0.4, 0.5) is 5.69 Å². The summed E-state index contributed by atoms with van der Waals surface area (Å²) in [5.41, 5.74) is 3.82. The van der Waals surface area contributed by atoms with Crippen LogP contribution in [0.5, 0.6) is 11.5 Å². The molecule has 0 fully saturated rings. The summed E-state index contributed by atoms with van der Waals surface area (Å²) in [5, 5.41) is 5.93. The predicted molar refractivity (Wildman–Crippen MR) is 110 cm³/mol. The molecular formula is C22H28N3O4+. The minimum atomic E-state index is -0.173. The fraction of sp³-hybridized carbons (Fsp3) is 0.364. The number of amides is 2. The van der Waals surface area contributed by atoms with Crippen LogP contribution in [-0.2, 0) is 9.59 Å². The highest BCUT2D eigenvalue weighted by molar-refractivity contribution is 5.93. The minimum Gasteiger partial charge on any atom is -0.454 e. The number of rotatable bonds is 7. The highest BCUT2D eigenvalue weighted by Gasteiger charge is 2.19. The molecule has 0 saturated heterocycles. The average molecular weight is 398 g/mol. The van der Waals surface area contributed by atoms with Gasteiger partial charge < -0.3 is 25.0 Å². The van der Waals surface area contributed by atoms with Gasteiger partial charge in [-0.1, -0.05) is 24.3 Å². The average Bonchev–Trinajstić information content (AvgIpc) is 3.12. The minimum absolute atomic E-state index is 0.114. The molecule has 0 aromatic heterocycles. The molecule has 7 heteroatoms. The van der Waals surface area contributed by atoms with Gasteiger partial charge in [-0.25, -0.2) is 0 Å². The molecule has 2 atom stereocenters. The van der Waals surface area contributed by atoms with E-state index in [0.29, 0.717) is 11.5 Å². The van der Waals surface area contributed by atoms with Crippen molar-refractivity contribution in [1.29, 1.82) is 0 Å². The van der Waals surface area contributed by atoms with Crippen molar-refractivity contribution >= 4 is 17.5 Å². The number of benzene rings is 2. The van der Waals surface area contributed by atoms with Crippen LogP contribution in [0.25, 0.3) is 0 Å². The van der Waals surface area contributed by atoms with Crippen molar-refractivity contribution in [2.45, 2.75) is 26.8 Å². The Kier molecular flexibility index (Phi) is 6.39. The summed E-state index contributed by atoms with van der Waals surface area (Å²) in [5.74, 6) is 1.17. The van der Waals surface area contributed by atoms with Gasteiger partial charge in [-0.3, -0.25) is 9.59 Å². The number of likely N-dealkylation sites (N-methyl/N-ethyl adjacent to an activating group) is 1. The quantitative estimate of drug-likeness (QED) is 0.658. The Morgan fingerprint density at radius 2 is 1.69 bits per heavy atom. The maximum absolute atomic E-state index is 12.4. The van der Waals surface area contributed by atoms with Gasteiger partial charge in [0.2, 0.25) is 6.79 Å². The Morgan fingerprint density at radius 3 is 2.41 bits per heavy atom. The van der Waals surface area contributed by atoms with E-state index < -0.39 is 0 Å². The summed E-state index contributed by atoms with van der Waals surface area (Å²) in [6, 6.07) is 11.3. The second-order valence-electron chi connectivity index (χ2n) is 7.53. The van der Waals surface area contributed by atoms with Gasteiger partial charge >= 0.3 is 0 Å². The summed E-state index contributed by atoms with van der Waals surface area (Å²) >= 11 is 0. The van der Waals surface area contributed by atoms with Crippen molar-refractivity contribution in [1.82, 2.24) is 5.32 Å². The molecule has 3 N–H and O–H groups in total. The zero-order valence-corrected chi connectivity index (χ0v) is 17.3. The van der Waals surface area contributed by atoms with Crippen molar-refractivity contribution in [2.75, 3.05) is 32.2 Å². The monoisotopic (exact) mass is 398 g/mol. The van der Waals surface area contributed by atoms with Crippen molar-refractivity contribution in [3.8, 4) is 11.5 Å².